The molecular formula is C13H13FN2O5S2. The number of nitrogens with two attached hydrogens (primary N) is 1. The van der Waals surface area contributed by atoms with E-state index in [0.29, 0.717) is 0 Å². The van der Waals surface area contributed by atoms with E-state index in [1.54, 1.807) is 0 Å². The topological polar surface area (TPSA) is 116 Å². The second-order valence-corrected chi connectivity index (χ2v) is 7.94. The van der Waals surface area contributed by atoms with E-state index in [2.05, 4.69) is 4.72 Å². The number of primary sulfonamides is 1. The van der Waals surface area contributed by atoms with Crippen molar-refractivity contribution in [2.24, 2.45) is 5.14 Å². The third kappa shape index (κ3) is 4.91. The van der Waals surface area contributed by atoms with Gasteiger partial charge < -0.3 is 4.74 Å². The Kier molecular flexibility index (Phi) is 4.59. The van der Waals surface area contributed by atoms with Crippen LogP contribution < -0.4 is 14.6 Å². The smallest absolute Gasteiger partial charge is 0.238 e. The predicted octanol–water partition coefficient (Wildman–Crippen LogP) is 1.64. The summed E-state index contributed by atoms with van der Waals surface area (Å²) in [5.74, 6) is -0.381. The Morgan fingerprint density at radius 1 is 1.04 bits per heavy atom. The zero-order valence-electron chi connectivity index (χ0n) is 11.9. The number of hydrogen-bond donors (Lipinski definition) is 2. The highest BCUT2D eigenvalue weighted by molar-refractivity contribution is 7.92. The van der Waals surface area contributed by atoms with Crippen LogP contribution in [0.5, 0.6) is 11.5 Å². The van der Waals surface area contributed by atoms with Gasteiger partial charge in [-0.15, -0.1) is 0 Å². The van der Waals surface area contributed by atoms with Crippen molar-refractivity contribution in [2.45, 2.75) is 4.90 Å². The van der Waals surface area contributed by atoms with Gasteiger partial charge in [-0.05, 0) is 36.4 Å². The second kappa shape index (κ2) is 6.14. The Labute approximate surface area is 133 Å². The average molecular weight is 360 g/mol. The van der Waals surface area contributed by atoms with E-state index in [1.807, 2.05) is 0 Å². The van der Waals surface area contributed by atoms with E-state index in [1.165, 1.54) is 18.2 Å². The van der Waals surface area contributed by atoms with E-state index >= 15 is 0 Å². The van der Waals surface area contributed by atoms with Gasteiger partial charge in [0.25, 0.3) is 0 Å². The SMILES string of the molecule is CS(=O)(=O)Nc1ccc(S(N)(=O)=O)cc1Oc1ccc(F)cc1. The molecule has 0 aliphatic rings. The predicted molar refractivity (Wildman–Crippen MR) is 82.8 cm³/mol. The summed E-state index contributed by atoms with van der Waals surface area (Å²) in [5, 5.41) is 5.04. The number of anilines is 1. The van der Waals surface area contributed by atoms with Gasteiger partial charge in [0.15, 0.2) is 5.75 Å². The largest absolute Gasteiger partial charge is 0.455 e. The summed E-state index contributed by atoms with van der Waals surface area (Å²) < 4.78 is 66.1. The second-order valence-electron chi connectivity index (χ2n) is 4.63. The van der Waals surface area contributed by atoms with Crippen LogP contribution in [0.3, 0.4) is 0 Å². The van der Waals surface area contributed by atoms with Crippen LogP contribution in [0.2, 0.25) is 0 Å². The Morgan fingerprint density at radius 2 is 1.65 bits per heavy atom. The fraction of sp³-hybridized carbons (Fsp3) is 0.0769. The van der Waals surface area contributed by atoms with Crippen LogP contribution in [0, 0.1) is 5.82 Å². The molecule has 0 saturated heterocycles. The molecule has 2 aromatic rings. The summed E-state index contributed by atoms with van der Waals surface area (Å²) >= 11 is 0. The van der Waals surface area contributed by atoms with Crippen molar-refractivity contribution in [3.05, 3.63) is 48.3 Å². The highest BCUT2D eigenvalue weighted by Gasteiger charge is 2.15. The monoisotopic (exact) mass is 360 g/mol. The lowest BCUT2D eigenvalue weighted by Gasteiger charge is -2.13. The van der Waals surface area contributed by atoms with Crippen LogP contribution in [0.4, 0.5) is 10.1 Å². The molecule has 10 heteroatoms. The summed E-state index contributed by atoms with van der Waals surface area (Å²) in [7, 11) is -7.62. The summed E-state index contributed by atoms with van der Waals surface area (Å²) in [6.07, 6.45) is 0.933. The number of hydrogen-bond acceptors (Lipinski definition) is 5. The van der Waals surface area contributed by atoms with Crippen molar-refractivity contribution in [1.82, 2.24) is 0 Å². The first-order valence-corrected chi connectivity index (χ1v) is 9.56. The third-order valence-corrected chi connectivity index (χ3v) is 4.12. The highest BCUT2D eigenvalue weighted by atomic mass is 32.2. The Balaban J connectivity index is 2.49. The first-order valence-electron chi connectivity index (χ1n) is 6.13. The standard InChI is InChI=1S/C13H13FN2O5S2/c1-22(17,18)16-12-7-6-11(23(15,19)20)8-13(12)21-10-4-2-9(14)3-5-10/h2-8,16H,1H3,(H2,15,19,20). The molecule has 0 unspecified atom stereocenters. The molecule has 2 aromatic carbocycles. The number of halogens is 1. The van der Waals surface area contributed by atoms with Crippen molar-refractivity contribution in [3.8, 4) is 11.5 Å². The first-order chi connectivity index (χ1) is 10.5. The van der Waals surface area contributed by atoms with Crippen molar-refractivity contribution in [1.29, 1.82) is 0 Å². The molecular weight excluding hydrogens is 347 g/mol. The quantitative estimate of drug-likeness (QED) is 0.841. The number of ether oxygens (including phenoxy) is 1. The number of rotatable bonds is 5. The molecule has 0 aliphatic carbocycles. The number of sulfonamides is 2. The van der Waals surface area contributed by atoms with Gasteiger partial charge in [-0.2, -0.15) is 0 Å². The van der Waals surface area contributed by atoms with Gasteiger partial charge >= 0.3 is 0 Å². The third-order valence-electron chi connectivity index (χ3n) is 2.62. The molecule has 0 saturated carbocycles. The van der Waals surface area contributed by atoms with E-state index in [4.69, 9.17) is 9.88 Å². The molecule has 0 aromatic heterocycles. The lowest BCUT2D eigenvalue weighted by Crippen LogP contribution is -2.14. The first kappa shape index (κ1) is 17.2. The van der Waals surface area contributed by atoms with E-state index in [-0.39, 0.29) is 22.1 Å². The molecule has 23 heavy (non-hydrogen) atoms. The summed E-state index contributed by atoms with van der Waals surface area (Å²) in [6.45, 7) is 0. The molecule has 7 nitrogen and oxygen atoms in total. The zero-order chi connectivity index (χ0) is 17.3. The average Bonchev–Trinajstić information content (AvgIpc) is 2.40. The summed E-state index contributed by atoms with van der Waals surface area (Å²) in [4.78, 5) is -0.256. The van der Waals surface area contributed by atoms with Crippen LogP contribution in [-0.2, 0) is 20.0 Å². The van der Waals surface area contributed by atoms with E-state index in [0.717, 1.165) is 30.5 Å². The van der Waals surface area contributed by atoms with E-state index in [9.17, 15) is 21.2 Å². The van der Waals surface area contributed by atoms with Crippen LogP contribution in [0.15, 0.2) is 47.4 Å². The Hall–Kier alpha value is -2.17. The maximum Gasteiger partial charge on any atom is 0.238 e. The van der Waals surface area contributed by atoms with Gasteiger partial charge in [0, 0.05) is 6.07 Å². The van der Waals surface area contributed by atoms with Crippen molar-refractivity contribution in [2.75, 3.05) is 11.0 Å². The summed E-state index contributed by atoms with van der Waals surface area (Å²) in [6, 6.07) is 8.32. The van der Waals surface area contributed by atoms with Crippen molar-refractivity contribution in [3.63, 3.8) is 0 Å². The molecule has 0 heterocycles. The number of nitrogens with one attached hydrogen (secondary N) is 1. The molecule has 0 atom stereocenters. The maximum absolute atomic E-state index is 12.9. The Morgan fingerprint density at radius 3 is 2.17 bits per heavy atom. The lowest BCUT2D eigenvalue weighted by atomic mass is 10.3. The summed E-state index contributed by atoms with van der Waals surface area (Å²) in [5.41, 5.74) is 0.0178. The van der Waals surface area contributed by atoms with Crippen LogP contribution >= 0.6 is 0 Å². The van der Waals surface area contributed by atoms with Crippen molar-refractivity contribution >= 4 is 25.7 Å². The molecule has 0 spiro atoms. The fourth-order valence-electron chi connectivity index (χ4n) is 1.68. The molecule has 0 amide bonds. The minimum Gasteiger partial charge on any atom is -0.455 e. The fourth-order valence-corrected chi connectivity index (χ4v) is 2.77. The molecule has 0 bridgehead atoms. The minimum atomic E-state index is -4.00. The van der Waals surface area contributed by atoms with Gasteiger partial charge in [-0.3, -0.25) is 4.72 Å². The number of benzene rings is 2. The van der Waals surface area contributed by atoms with Gasteiger partial charge in [-0.1, -0.05) is 0 Å². The molecule has 124 valence electrons. The highest BCUT2D eigenvalue weighted by Crippen LogP contribution is 2.32. The Bertz CT molecular complexity index is 925. The van der Waals surface area contributed by atoms with Crippen molar-refractivity contribution < 1.29 is 26.0 Å². The minimum absolute atomic E-state index is 0.0178. The van der Waals surface area contributed by atoms with Crippen LogP contribution in [0.25, 0.3) is 0 Å². The van der Waals surface area contributed by atoms with Gasteiger partial charge in [-0.25, -0.2) is 26.4 Å². The van der Waals surface area contributed by atoms with Gasteiger partial charge in [0.05, 0.1) is 16.8 Å². The molecule has 0 fully saturated rings. The molecule has 0 radical (unpaired) electrons. The molecule has 2 rings (SSSR count). The lowest BCUT2D eigenvalue weighted by molar-refractivity contribution is 0.481. The van der Waals surface area contributed by atoms with Gasteiger partial charge in [0.2, 0.25) is 20.0 Å². The zero-order valence-corrected chi connectivity index (χ0v) is 13.5. The van der Waals surface area contributed by atoms with Gasteiger partial charge in [0.1, 0.15) is 11.6 Å². The molecule has 3 N–H and O–H groups in total. The van der Waals surface area contributed by atoms with Crippen LogP contribution in [-0.4, -0.2) is 23.1 Å². The normalized spacial score (nSPS) is 12.0. The molecule has 0 aliphatic heterocycles. The maximum atomic E-state index is 12.9. The van der Waals surface area contributed by atoms with Crippen LogP contribution in [0.1, 0.15) is 0 Å². The van der Waals surface area contributed by atoms with E-state index < -0.39 is 25.9 Å².